The van der Waals surface area contributed by atoms with Crippen LogP contribution in [0.4, 0.5) is 5.69 Å². The zero-order valence-corrected chi connectivity index (χ0v) is 15.4. The molecule has 2 aromatic rings. The molecule has 0 N–H and O–H groups in total. The summed E-state index contributed by atoms with van der Waals surface area (Å²) in [5.74, 6) is 0.653. The molecule has 4 nitrogen and oxygen atoms in total. The molecule has 0 aliphatic rings. The first-order valence-electron chi connectivity index (χ1n) is 6.94. The quantitative estimate of drug-likeness (QED) is 0.690. The van der Waals surface area contributed by atoms with Gasteiger partial charge in [-0.1, -0.05) is 18.2 Å². The van der Waals surface area contributed by atoms with E-state index in [1.54, 1.807) is 49.6 Å². The van der Waals surface area contributed by atoms with Crippen molar-refractivity contribution in [2.24, 2.45) is 0 Å². The Labute approximate surface area is 145 Å². The maximum Gasteiger partial charge on any atom is 0.264 e. The third-order valence-electron chi connectivity index (χ3n) is 3.37. The number of benzene rings is 2. The Bertz CT molecular complexity index is 818. The van der Waals surface area contributed by atoms with E-state index in [0.717, 1.165) is 5.56 Å². The minimum absolute atomic E-state index is 0.177. The summed E-state index contributed by atoms with van der Waals surface area (Å²) in [4.78, 5) is 0.216. The third kappa shape index (κ3) is 3.59. The van der Waals surface area contributed by atoms with Crippen molar-refractivity contribution in [2.75, 3.05) is 18.0 Å². The first-order valence-corrected chi connectivity index (χ1v) is 9.18. The lowest BCUT2D eigenvalue weighted by Gasteiger charge is -2.24. The zero-order valence-electron chi connectivity index (χ0n) is 13.0. The normalized spacial score (nSPS) is 11.1. The molecular formula is C17H18BrNO3S. The molecule has 0 heterocycles. The van der Waals surface area contributed by atoms with Gasteiger partial charge in [0.1, 0.15) is 5.75 Å². The van der Waals surface area contributed by atoms with Crippen LogP contribution in [0.5, 0.6) is 5.75 Å². The van der Waals surface area contributed by atoms with Crippen molar-refractivity contribution in [3.63, 3.8) is 0 Å². The average molecular weight is 396 g/mol. The molecule has 0 fully saturated rings. The lowest BCUT2D eigenvalue weighted by Crippen LogP contribution is -2.31. The van der Waals surface area contributed by atoms with Gasteiger partial charge in [-0.3, -0.25) is 4.31 Å². The van der Waals surface area contributed by atoms with Crippen LogP contribution < -0.4 is 9.04 Å². The van der Waals surface area contributed by atoms with E-state index in [1.165, 1.54) is 4.31 Å². The van der Waals surface area contributed by atoms with Crippen molar-refractivity contribution < 1.29 is 13.2 Å². The van der Waals surface area contributed by atoms with Crippen LogP contribution >= 0.6 is 15.9 Å². The number of hydrogen-bond acceptors (Lipinski definition) is 3. The van der Waals surface area contributed by atoms with Crippen LogP contribution in [0, 0.1) is 6.92 Å². The molecule has 6 heteroatoms. The molecule has 0 spiro atoms. The number of sulfonamides is 1. The van der Waals surface area contributed by atoms with E-state index in [-0.39, 0.29) is 11.4 Å². The predicted octanol–water partition coefficient (Wildman–Crippen LogP) is 4.15. The third-order valence-corrected chi connectivity index (χ3v) is 5.82. The molecule has 0 unspecified atom stereocenters. The maximum absolute atomic E-state index is 13.0. The molecule has 0 amide bonds. The van der Waals surface area contributed by atoms with Gasteiger partial charge in [0.05, 0.1) is 24.2 Å². The predicted molar refractivity (Wildman–Crippen MR) is 96.6 cm³/mol. The maximum atomic E-state index is 13.0. The number of para-hydroxylation sites is 1. The van der Waals surface area contributed by atoms with Gasteiger partial charge in [0.15, 0.2) is 0 Å². The minimum atomic E-state index is -3.71. The molecule has 0 aliphatic carbocycles. The van der Waals surface area contributed by atoms with Crippen molar-refractivity contribution in [3.05, 3.63) is 65.2 Å². The summed E-state index contributed by atoms with van der Waals surface area (Å²) >= 11 is 3.41. The van der Waals surface area contributed by atoms with E-state index in [4.69, 9.17) is 4.74 Å². The summed E-state index contributed by atoms with van der Waals surface area (Å²) in [5.41, 5.74) is 1.33. The molecule has 2 aromatic carbocycles. The van der Waals surface area contributed by atoms with Crippen LogP contribution in [0.3, 0.4) is 0 Å². The number of nitrogens with zero attached hydrogens (tertiary/aromatic N) is 1. The number of rotatable bonds is 6. The van der Waals surface area contributed by atoms with Crippen molar-refractivity contribution in [1.29, 1.82) is 0 Å². The summed E-state index contributed by atoms with van der Waals surface area (Å²) in [7, 11) is -2.15. The molecule has 0 aromatic heterocycles. The molecule has 0 aliphatic heterocycles. The van der Waals surface area contributed by atoms with Gasteiger partial charge in [-0.25, -0.2) is 8.42 Å². The van der Waals surface area contributed by atoms with Crippen LogP contribution in [-0.2, 0) is 10.0 Å². The van der Waals surface area contributed by atoms with Gasteiger partial charge in [0.25, 0.3) is 10.0 Å². The van der Waals surface area contributed by atoms with Crippen LogP contribution in [0.25, 0.3) is 0 Å². The van der Waals surface area contributed by atoms with Crippen LogP contribution in [-0.4, -0.2) is 22.1 Å². The lowest BCUT2D eigenvalue weighted by molar-refractivity contribution is 0.411. The second-order valence-electron chi connectivity index (χ2n) is 4.91. The molecule has 2 rings (SSSR count). The second-order valence-corrected chi connectivity index (χ2v) is 7.62. The molecule has 122 valence electrons. The first kappa shape index (κ1) is 17.6. The topological polar surface area (TPSA) is 46.6 Å². The summed E-state index contributed by atoms with van der Waals surface area (Å²) < 4.78 is 33.3. The van der Waals surface area contributed by atoms with Crippen molar-refractivity contribution in [1.82, 2.24) is 0 Å². The number of hydrogen-bond donors (Lipinski definition) is 0. The molecule has 0 atom stereocenters. The van der Waals surface area contributed by atoms with Crippen LogP contribution in [0.15, 0.2) is 64.5 Å². The van der Waals surface area contributed by atoms with Crippen molar-refractivity contribution in [3.8, 4) is 5.75 Å². The Balaban J connectivity index is 2.56. The highest BCUT2D eigenvalue weighted by atomic mass is 79.9. The Hall–Kier alpha value is -1.79. The summed E-state index contributed by atoms with van der Waals surface area (Å²) in [6, 6.07) is 12.0. The van der Waals surface area contributed by atoms with Gasteiger partial charge < -0.3 is 4.74 Å². The van der Waals surface area contributed by atoms with E-state index in [9.17, 15) is 8.42 Å². The molecule has 0 saturated heterocycles. The standard InChI is InChI=1S/C17H18BrNO3S/c1-4-11-19(16-8-6-5-7-15(16)18)23(20,21)14-9-10-17(22-3)13(2)12-14/h4-10,12H,1,11H2,2-3H3. The average Bonchev–Trinajstić information content (AvgIpc) is 2.53. The van der Waals surface area contributed by atoms with E-state index in [1.807, 2.05) is 13.0 Å². The monoisotopic (exact) mass is 395 g/mol. The molecular weight excluding hydrogens is 378 g/mol. The Kier molecular flexibility index (Phi) is 5.49. The van der Waals surface area contributed by atoms with Crippen LogP contribution in [0.1, 0.15) is 5.56 Å². The second kappa shape index (κ2) is 7.19. The fourth-order valence-electron chi connectivity index (χ4n) is 2.24. The van der Waals surface area contributed by atoms with Gasteiger partial charge in [0.2, 0.25) is 0 Å². The lowest BCUT2D eigenvalue weighted by atomic mass is 10.2. The highest BCUT2D eigenvalue weighted by Crippen LogP contribution is 2.31. The van der Waals surface area contributed by atoms with Gasteiger partial charge in [-0.05, 0) is 58.7 Å². The SMILES string of the molecule is C=CCN(c1ccccc1Br)S(=O)(=O)c1ccc(OC)c(C)c1. The summed E-state index contributed by atoms with van der Waals surface area (Å²) in [5, 5.41) is 0. The largest absolute Gasteiger partial charge is 0.496 e. The summed E-state index contributed by atoms with van der Waals surface area (Å²) in [6.45, 7) is 5.66. The number of halogens is 1. The van der Waals surface area contributed by atoms with E-state index in [2.05, 4.69) is 22.5 Å². The Morgan fingerprint density at radius 2 is 1.96 bits per heavy atom. The smallest absolute Gasteiger partial charge is 0.264 e. The number of anilines is 1. The Morgan fingerprint density at radius 1 is 1.26 bits per heavy atom. The summed E-state index contributed by atoms with van der Waals surface area (Å²) in [6.07, 6.45) is 1.56. The zero-order chi connectivity index (χ0) is 17.0. The number of ether oxygens (including phenoxy) is 1. The molecule has 0 radical (unpaired) electrons. The Morgan fingerprint density at radius 3 is 2.52 bits per heavy atom. The van der Waals surface area contributed by atoms with E-state index >= 15 is 0 Å². The fraction of sp³-hybridized carbons (Fsp3) is 0.176. The van der Waals surface area contributed by atoms with Gasteiger partial charge in [-0.15, -0.1) is 6.58 Å². The minimum Gasteiger partial charge on any atom is -0.496 e. The number of aryl methyl sites for hydroxylation is 1. The molecule has 0 bridgehead atoms. The van der Waals surface area contributed by atoms with E-state index in [0.29, 0.717) is 15.9 Å². The highest BCUT2D eigenvalue weighted by molar-refractivity contribution is 9.10. The number of methoxy groups -OCH3 is 1. The first-order chi connectivity index (χ1) is 10.9. The van der Waals surface area contributed by atoms with E-state index < -0.39 is 10.0 Å². The highest BCUT2D eigenvalue weighted by Gasteiger charge is 2.25. The van der Waals surface area contributed by atoms with Gasteiger partial charge in [0, 0.05) is 4.47 Å². The molecule has 0 saturated carbocycles. The van der Waals surface area contributed by atoms with Crippen molar-refractivity contribution in [2.45, 2.75) is 11.8 Å². The fourth-order valence-corrected chi connectivity index (χ4v) is 4.39. The molecule has 23 heavy (non-hydrogen) atoms. The van der Waals surface area contributed by atoms with Crippen molar-refractivity contribution >= 4 is 31.6 Å². The van der Waals surface area contributed by atoms with Gasteiger partial charge in [-0.2, -0.15) is 0 Å². The van der Waals surface area contributed by atoms with Gasteiger partial charge >= 0.3 is 0 Å². The van der Waals surface area contributed by atoms with Crippen LogP contribution in [0.2, 0.25) is 0 Å².